The molecule has 0 spiro atoms. The van der Waals surface area contributed by atoms with E-state index < -0.39 is 6.04 Å². The second-order valence-corrected chi connectivity index (χ2v) is 8.13. The Kier molecular flexibility index (Phi) is 5.67. The standard InChI is InChI=1S/C26H24F3N/c1-16-7-18(12-22(27)9-16)20-11-21(19-8-17(2)10-23(28)13-19)15-24(14-20)30-26-6-4-3-5-25(26)29/h3-5,7,9-15,19,26,30H,6,8H2,1-2H3. The Balaban J connectivity index is 1.76. The normalized spacial score (nSPS) is 21.0. The summed E-state index contributed by atoms with van der Waals surface area (Å²) in [6.45, 7) is 3.75. The number of rotatable bonds is 4. The summed E-state index contributed by atoms with van der Waals surface area (Å²) >= 11 is 0. The molecule has 2 aliphatic rings. The molecule has 1 N–H and O–H groups in total. The molecule has 0 aromatic heterocycles. The number of hydrogen-bond donors (Lipinski definition) is 1. The van der Waals surface area contributed by atoms with Crippen LogP contribution in [0.2, 0.25) is 0 Å². The van der Waals surface area contributed by atoms with Crippen LogP contribution in [-0.2, 0) is 0 Å². The Morgan fingerprint density at radius 1 is 0.933 bits per heavy atom. The van der Waals surface area contributed by atoms with Crippen molar-refractivity contribution in [2.24, 2.45) is 0 Å². The molecule has 2 aromatic carbocycles. The van der Waals surface area contributed by atoms with Crippen LogP contribution < -0.4 is 5.32 Å². The Labute approximate surface area is 175 Å². The highest BCUT2D eigenvalue weighted by molar-refractivity contribution is 5.71. The van der Waals surface area contributed by atoms with Crippen LogP contribution in [0, 0.1) is 12.7 Å². The molecule has 0 radical (unpaired) electrons. The van der Waals surface area contributed by atoms with Gasteiger partial charge in [-0.1, -0.05) is 29.9 Å². The maximum atomic E-state index is 14.3. The summed E-state index contributed by atoms with van der Waals surface area (Å²) in [6.07, 6.45) is 9.47. The van der Waals surface area contributed by atoms with Gasteiger partial charge in [-0.3, -0.25) is 0 Å². The average Bonchev–Trinajstić information content (AvgIpc) is 2.68. The van der Waals surface area contributed by atoms with Gasteiger partial charge in [0, 0.05) is 11.6 Å². The summed E-state index contributed by atoms with van der Waals surface area (Å²) in [6, 6.07) is 10.2. The maximum absolute atomic E-state index is 14.3. The summed E-state index contributed by atoms with van der Waals surface area (Å²) in [5.74, 6) is -0.916. The molecule has 154 valence electrons. The van der Waals surface area contributed by atoms with E-state index in [2.05, 4.69) is 5.32 Å². The highest BCUT2D eigenvalue weighted by atomic mass is 19.1. The first kappa shape index (κ1) is 20.3. The van der Waals surface area contributed by atoms with Gasteiger partial charge in [-0.2, -0.15) is 0 Å². The van der Waals surface area contributed by atoms with E-state index in [9.17, 15) is 13.2 Å². The van der Waals surface area contributed by atoms with Gasteiger partial charge >= 0.3 is 0 Å². The fourth-order valence-corrected chi connectivity index (χ4v) is 4.11. The Morgan fingerprint density at radius 3 is 2.47 bits per heavy atom. The van der Waals surface area contributed by atoms with Crippen molar-refractivity contribution >= 4 is 5.69 Å². The molecule has 1 nitrogen and oxygen atoms in total. The van der Waals surface area contributed by atoms with Crippen molar-refractivity contribution in [2.45, 2.75) is 38.6 Å². The quantitative estimate of drug-likeness (QED) is 0.548. The lowest BCUT2D eigenvalue weighted by atomic mass is 9.86. The highest BCUT2D eigenvalue weighted by Crippen LogP contribution is 2.36. The third kappa shape index (κ3) is 4.59. The molecule has 0 saturated heterocycles. The van der Waals surface area contributed by atoms with Crippen LogP contribution in [0.25, 0.3) is 11.1 Å². The third-order valence-electron chi connectivity index (χ3n) is 5.48. The van der Waals surface area contributed by atoms with Crippen molar-refractivity contribution in [2.75, 3.05) is 5.32 Å². The van der Waals surface area contributed by atoms with Gasteiger partial charge in [0.1, 0.15) is 17.5 Å². The lowest BCUT2D eigenvalue weighted by Crippen LogP contribution is -2.21. The topological polar surface area (TPSA) is 12.0 Å². The molecule has 2 unspecified atom stereocenters. The second kappa shape index (κ2) is 8.39. The second-order valence-electron chi connectivity index (χ2n) is 8.13. The van der Waals surface area contributed by atoms with Crippen molar-refractivity contribution in [1.82, 2.24) is 0 Å². The average molecular weight is 407 g/mol. The molecule has 0 fully saturated rings. The van der Waals surface area contributed by atoms with Gasteiger partial charge in [-0.05, 0) is 91.4 Å². The molecule has 0 aliphatic heterocycles. The van der Waals surface area contributed by atoms with Crippen LogP contribution in [0.5, 0.6) is 0 Å². The minimum absolute atomic E-state index is 0.128. The van der Waals surface area contributed by atoms with E-state index in [-0.39, 0.29) is 23.4 Å². The van der Waals surface area contributed by atoms with E-state index in [0.29, 0.717) is 12.8 Å². The molecule has 30 heavy (non-hydrogen) atoms. The summed E-state index contributed by atoms with van der Waals surface area (Å²) in [7, 11) is 0. The molecule has 0 amide bonds. The van der Waals surface area contributed by atoms with E-state index in [0.717, 1.165) is 33.5 Å². The van der Waals surface area contributed by atoms with Crippen molar-refractivity contribution in [3.63, 3.8) is 0 Å². The summed E-state index contributed by atoms with van der Waals surface area (Å²) in [4.78, 5) is 0. The fraction of sp³-hybridized carbons (Fsp3) is 0.231. The highest BCUT2D eigenvalue weighted by Gasteiger charge is 2.20. The van der Waals surface area contributed by atoms with Gasteiger partial charge in [-0.25, -0.2) is 13.2 Å². The summed E-state index contributed by atoms with van der Waals surface area (Å²) in [5, 5.41) is 3.25. The predicted octanol–water partition coefficient (Wildman–Crippen LogP) is 7.68. The smallest absolute Gasteiger partial charge is 0.124 e. The SMILES string of the molecule is CC1=CC(F)=CC(c2cc(NC3CC=CC=C3F)cc(-c3cc(C)cc(F)c3)c2)C1. The van der Waals surface area contributed by atoms with Crippen LogP contribution in [0.15, 0.2) is 84.0 Å². The van der Waals surface area contributed by atoms with E-state index >= 15 is 0 Å². The van der Waals surface area contributed by atoms with Gasteiger partial charge in [-0.15, -0.1) is 0 Å². The molecular weight excluding hydrogens is 383 g/mol. The number of aryl methyl sites for hydroxylation is 1. The number of anilines is 1. The van der Waals surface area contributed by atoms with Gasteiger partial charge in [0.15, 0.2) is 0 Å². The summed E-state index contributed by atoms with van der Waals surface area (Å²) < 4.78 is 42.4. The van der Waals surface area contributed by atoms with Crippen LogP contribution >= 0.6 is 0 Å². The first-order chi connectivity index (χ1) is 14.4. The number of nitrogens with one attached hydrogen (secondary N) is 1. The van der Waals surface area contributed by atoms with E-state index in [4.69, 9.17) is 0 Å². The van der Waals surface area contributed by atoms with Gasteiger partial charge in [0.25, 0.3) is 0 Å². The zero-order chi connectivity index (χ0) is 21.3. The van der Waals surface area contributed by atoms with Crippen LogP contribution in [0.4, 0.5) is 18.9 Å². The Bertz CT molecular complexity index is 1070. The minimum Gasteiger partial charge on any atom is -0.376 e. The largest absolute Gasteiger partial charge is 0.376 e. The van der Waals surface area contributed by atoms with Gasteiger partial charge in [0.2, 0.25) is 0 Å². The lowest BCUT2D eigenvalue weighted by Gasteiger charge is -2.23. The molecule has 4 heteroatoms. The monoisotopic (exact) mass is 407 g/mol. The minimum atomic E-state index is -0.451. The molecule has 0 bridgehead atoms. The Hall–Kier alpha value is -3.01. The number of hydrogen-bond acceptors (Lipinski definition) is 1. The van der Waals surface area contributed by atoms with Gasteiger partial charge in [0.05, 0.1) is 6.04 Å². The Morgan fingerprint density at radius 2 is 1.73 bits per heavy atom. The first-order valence-electron chi connectivity index (χ1n) is 10.1. The van der Waals surface area contributed by atoms with Crippen LogP contribution in [-0.4, -0.2) is 6.04 Å². The van der Waals surface area contributed by atoms with Gasteiger partial charge < -0.3 is 5.32 Å². The van der Waals surface area contributed by atoms with E-state index in [1.54, 1.807) is 18.2 Å². The zero-order valence-corrected chi connectivity index (χ0v) is 17.1. The molecule has 4 rings (SSSR count). The molecule has 2 atom stereocenters. The van der Waals surface area contributed by atoms with Crippen molar-refractivity contribution in [3.8, 4) is 11.1 Å². The third-order valence-corrected chi connectivity index (χ3v) is 5.48. The molecule has 0 heterocycles. The summed E-state index contributed by atoms with van der Waals surface area (Å²) in [5.41, 5.74) is 4.98. The van der Waals surface area contributed by atoms with Crippen LogP contribution in [0.3, 0.4) is 0 Å². The lowest BCUT2D eigenvalue weighted by molar-refractivity contribution is 0.555. The number of halogens is 3. The van der Waals surface area contributed by atoms with Crippen molar-refractivity contribution < 1.29 is 13.2 Å². The van der Waals surface area contributed by atoms with E-state index in [1.807, 2.05) is 44.2 Å². The van der Waals surface area contributed by atoms with Crippen molar-refractivity contribution in [1.29, 1.82) is 0 Å². The first-order valence-corrected chi connectivity index (χ1v) is 10.1. The maximum Gasteiger partial charge on any atom is 0.124 e. The number of allylic oxidation sites excluding steroid dienone is 6. The molecular formula is C26H24F3N. The molecule has 0 saturated carbocycles. The predicted molar refractivity (Wildman–Crippen MR) is 117 cm³/mol. The van der Waals surface area contributed by atoms with Crippen LogP contribution in [0.1, 0.15) is 36.8 Å². The molecule has 2 aromatic rings. The number of benzene rings is 2. The van der Waals surface area contributed by atoms with E-state index in [1.165, 1.54) is 18.2 Å². The zero-order valence-electron chi connectivity index (χ0n) is 17.1. The molecule has 2 aliphatic carbocycles. The fourth-order valence-electron chi connectivity index (χ4n) is 4.11. The van der Waals surface area contributed by atoms with Crippen molar-refractivity contribution in [3.05, 3.63) is 101 Å².